The molecular formula is C16H20N6OS. The highest BCUT2D eigenvalue weighted by molar-refractivity contribution is 7.09. The van der Waals surface area contributed by atoms with Gasteiger partial charge in [0.2, 0.25) is 0 Å². The number of hydrogen-bond acceptors (Lipinski definition) is 7. The molecule has 1 saturated heterocycles. The molecule has 0 aromatic carbocycles. The normalized spacial score (nSPS) is 19.1. The largest absolute Gasteiger partial charge is 0.367 e. The van der Waals surface area contributed by atoms with Gasteiger partial charge in [0.25, 0.3) is 0 Å². The van der Waals surface area contributed by atoms with Crippen molar-refractivity contribution < 1.29 is 4.74 Å². The average molecular weight is 344 g/mol. The summed E-state index contributed by atoms with van der Waals surface area (Å²) in [4.78, 5) is 7.02. The summed E-state index contributed by atoms with van der Waals surface area (Å²) in [6.45, 7) is 8.76. The maximum atomic E-state index is 5.96. The van der Waals surface area contributed by atoms with E-state index in [0.29, 0.717) is 6.61 Å². The van der Waals surface area contributed by atoms with Gasteiger partial charge < -0.3 is 9.64 Å². The Morgan fingerprint density at radius 1 is 1.29 bits per heavy atom. The van der Waals surface area contributed by atoms with Crippen molar-refractivity contribution in [1.29, 1.82) is 0 Å². The summed E-state index contributed by atoms with van der Waals surface area (Å²) in [7, 11) is 0. The highest BCUT2D eigenvalue weighted by atomic mass is 32.1. The highest BCUT2D eigenvalue weighted by Gasteiger charge is 2.27. The predicted octanol–water partition coefficient (Wildman–Crippen LogP) is 2.46. The van der Waals surface area contributed by atoms with Gasteiger partial charge >= 0.3 is 0 Å². The average Bonchev–Trinajstić information content (AvgIpc) is 3.23. The molecule has 0 saturated carbocycles. The molecule has 0 N–H and O–H groups in total. The minimum absolute atomic E-state index is 0.0155. The molecule has 1 aliphatic heterocycles. The Labute approximate surface area is 144 Å². The Morgan fingerprint density at radius 2 is 2.17 bits per heavy atom. The lowest BCUT2D eigenvalue weighted by atomic mass is 9.93. The van der Waals surface area contributed by atoms with Crippen molar-refractivity contribution in [3.63, 3.8) is 0 Å². The molecule has 1 unspecified atom stereocenters. The molecule has 3 aromatic rings. The fourth-order valence-electron chi connectivity index (χ4n) is 2.67. The second-order valence-electron chi connectivity index (χ2n) is 6.95. The summed E-state index contributed by atoms with van der Waals surface area (Å²) in [5.41, 5.74) is 1.93. The fourth-order valence-corrected chi connectivity index (χ4v) is 3.76. The lowest BCUT2D eigenvalue weighted by Crippen LogP contribution is -2.39. The van der Waals surface area contributed by atoms with Crippen molar-refractivity contribution in [2.45, 2.75) is 32.3 Å². The number of fused-ring (bicyclic) bond motifs is 1. The number of anilines is 1. The van der Waals surface area contributed by atoms with Crippen LogP contribution in [0.15, 0.2) is 23.8 Å². The molecular weight excluding hydrogens is 324 g/mol. The standard InChI is InChI=1S/C16H20N6OS/c1-16(2,3)12-9-24-15(18-12)11-8-21(6-7-23-11)14-5-4-13-19-17-10-22(13)20-14/h4-5,9-11H,6-8H2,1-3H3. The first-order valence-electron chi connectivity index (χ1n) is 8.00. The van der Waals surface area contributed by atoms with Gasteiger partial charge in [-0.15, -0.1) is 26.6 Å². The molecule has 1 fully saturated rings. The number of rotatable bonds is 2. The first-order valence-corrected chi connectivity index (χ1v) is 8.88. The zero-order chi connectivity index (χ0) is 16.7. The molecule has 24 heavy (non-hydrogen) atoms. The smallest absolute Gasteiger partial charge is 0.177 e. The van der Waals surface area contributed by atoms with Gasteiger partial charge in [0.15, 0.2) is 5.65 Å². The van der Waals surface area contributed by atoms with Gasteiger partial charge in [0, 0.05) is 17.3 Å². The van der Waals surface area contributed by atoms with E-state index in [4.69, 9.17) is 9.72 Å². The molecule has 7 nitrogen and oxygen atoms in total. The Hall–Kier alpha value is -2.06. The second kappa shape index (κ2) is 5.78. The summed E-state index contributed by atoms with van der Waals surface area (Å²) in [6.07, 6.45) is 1.60. The zero-order valence-electron chi connectivity index (χ0n) is 14.0. The first-order chi connectivity index (χ1) is 11.5. The lowest BCUT2D eigenvalue weighted by Gasteiger charge is -2.32. The van der Waals surface area contributed by atoms with Gasteiger partial charge in [-0.2, -0.15) is 4.52 Å². The summed E-state index contributed by atoms with van der Waals surface area (Å²) >= 11 is 1.68. The lowest BCUT2D eigenvalue weighted by molar-refractivity contribution is 0.0391. The summed E-state index contributed by atoms with van der Waals surface area (Å²) in [5, 5.41) is 15.6. The second-order valence-corrected chi connectivity index (χ2v) is 7.84. The Kier molecular flexibility index (Phi) is 3.73. The maximum absolute atomic E-state index is 5.96. The van der Waals surface area contributed by atoms with Crippen LogP contribution in [0.2, 0.25) is 0 Å². The van der Waals surface area contributed by atoms with Crippen LogP contribution < -0.4 is 4.90 Å². The van der Waals surface area contributed by atoms with E-state index in [0.717, 1.165) is 35.3 Å². The van der Waals surface area contributed by atoms with E-state index in [2.05, 4.69) is 46.3 Å². The molecule has 1 aliphatic rings. The maximum Gasteiger partial charge on any atom is 0.177 e. The first kappa shape index (κ1) is 15.5. The third-order valence-electron chi connectivity index (χ3n) is 4.10. The van der Waals surface area contributed by atoms with Crippen molar-refractivity contribution in [3.05, 3.63) is 34.5 Å². The van der Waals surface area contributed by atoms with E-state index >= 15 is 0 Å². The van der Waals surface area contributed by atoms with E-state index < -0.39 is 0 Å². The number of hydrogen-bond donors (Lipinski definition) is 0. The molecule has 0 amide bonds. The Balaban J connectivity index is 1.56. The molecule has 4 rings (SSSR count). The van der Waals surface area contributed by atoms with Gasteiger partial charge in [0.1, 0.15) is 23.3 Å². The number of nitrogens with zero attached hydrogens (tertiary/aromatic N) is 6. The van der Waals surface area contributed by atoms with Crippen molar-refractivity contribution >= 4 is 22.8 Å². The van der Waals surface area contributed by atoms with Crippen LogP contribution in [0.25, 0.3) is 5.65 Å². The molecule has 0 aliphatic carbocycles. The summed E-state index contributed by atoms with van der Waals surface area (Å²) in [6, 6.07) is 3.91. The number of ether oxygens (including phenoxy) is 1. The van der Waals surface area contributed by atoms with E-state index in [-0.39, 0.29) is 11.5 Å². The quantitative estimate of drug-likeness (QED) is 0.711. The third-order valence-corrected chi connectivity index (χ3v) is 5.04. The molecule has 4 heterocycles. The Bertz CT molecular complexity index is 851. The van der Waals surface area contributed by atoms with Gasteiger partial charge in [-0.05, 0) is 12.1 Å². The van der Waals surface area contributed by atoms with E-state index in [1.165, 1.54) is 0 Å². The van der Waals surface area contributed by atoms with Crippen LogP contribution in [0.3, 0.4) is 0 Å². The highest BCUT2D eigenvalue weighted by Crippen LogP contribution is 2.31. The van der Waals surface area contributed by atoms with E-state index in [1.807, 2.05) is 12.1 Å². The van der Waals surface area contributed by atoms with E-state index in [1.54, 1.807) is 22.2 Å². The molecule has 3 aromatic heterocycles. The van der Waals surface area contributed by atoms with Crippen molar-refractivity contribution in [3.8, 4) is 0 Å². The van der Waals surface area contributed by atoms with Crippen LogP contribution in [0.5, 0.6) is 0 Å². The van der Waals surface area contributed by atoms with Gasteiger partial charge in [0.05, 0.1) is 18.8 Å². The summed E-state index contributed by atoms with van der Waals surface area (Å²) in [5.74, 6) is 0.906. The minimum atomic E-state index is -0.0155. The molecule has 8 heteroatoms. The zero-order valence-corrected chi connectivity index (χ0v) is 14.8. The Morgan fingerprint density at radius 3 is 2.96 bits per heavy atom. The number of thiazole rings is 1. The molecule has 126 valence electrons. The van der Waals surface area contributed by atoms with Gasteiger partial charge in [-0.1, -0.05) is 20.8 Å². The molecule has 0 spiro atoms. The molecule has 0 radical (unpaired) electrons. The third kappa shape index (κ3) is 2.87. The van der Waals surface area contributed by atoms with Crippen LogP contribution >= 0.6 is 11.3 Å². The van der Waals surface area contributed by atoms with Crippen molar-refractivity contribution in [2.75, 3.05) is 24.6 Å². The van der Waals surface area contributed by atoms with E-state index in [9.17, 15) is 0 Å². The van der Waals surface area contributed by atoms with Crippen LogP contribution in [0, 0.1) is 0 Å². The topological polar surface area (TPSA) is 68.4 Å². The van der Waals surface area contributed by atoms with Gasteiger partial charge in [-0.3, -0.25) is 0 Å². The van der Waals surface area contributed by atoms with Crippen LogP contribution in [-0.4, -0.2) is 44.5 Å². The monoisotopic (exact) mass is 344 g/mol. The van der Waals surface area contributed by atoms with Crippen LogP contribution in [-0.2, 0) is 10.2 Å². The summed E-state index contributed by atoms with van der Waals surface area (Å²) < 4.78 is 7.66. The molecule has 1 atom stereocenters. The minimum Gasteiger partial charge on any atom is -0.367 e. The predicted molar refractivity (Wildman–Crippen MR) is 92.5 cm³/mol. The van der Waals surface area contributed by atoms with Crippen LogP contribution in [0.1, 0.15) is 37.6 Å². The number of morpholine rings is 1. The van der Waals surface area contributed by atoms with Crippen molar-refractivity contribution in [1.82, 2.24) is 24.8 Å². The fraction of sp³-hybridized carbons (Fsp3) is 0.500. The van der Waals surface area contributed by atoms with Crippen molar-refractivity contribution in [2.24, 2.45) is 0 Å². The SMILES string of the molecule is CC(C)(C)c1csc(C2CN(c3ccc4nncn4n3)CCO2)n1. The van der Waals surface area contributed by atoms with Gasteiger partial charge in [-0.25, -0.2) is 4.98 Å². The molecule has 0 bridgehead atoms. The van der Waals surface area contributed by atoms with Crippen LogP contribution in [0.4, 0.5) is 5.82 Å². The number of aromatic nitrogens is 5.